The summed E-state index contributed by atoms with van der Waals surface area (Å²) in [6, 6.07) is 16.3. The minimum absolute atomic E-state index is 0.0176. The van der Waals surface area contributed by atoms with Gasteiger partial charge >= 0.3 is 0 Å². The van der Waals surface area contributed by atoms with Gasteiger partial charge in [-0.25, -0.2) is 5.43 Å². The average Bonchev–Trinajstić information content (AvgIpc) is 2.75. The maximum Gasteiger partial charge on any atom is 0.276 e. The molecule has 1 heterocycles. The van der Waals surface area contributed by atoms with E-state index in [-0.39, 0.29) is 11.1 Å². The van der Waals surface area contributed by atoms with Gasteiger partial charge < -0.3 is 14.0 Å². The first-order chi connectivity index (χ1) is 14.5. The molecule has 2 aromatic carbocycles. The molecule has 1 N–H and O–H groups in total. The number of carbonyl (C=O) groups excluding carboxylic acids is 1. The van der Waals surface area contributed by atoms with Gasteiger partial charge in [-0.05, 0) is 36.8 Å². The molecule has 30 heavy (non-hydrogen) atoms. The number of nitrogens with one attached hydrogen (secondary N) is 1. The molecule has 0 aliphatic rings. The minimum atomic E-state index is -0.581. The number of hydrogen-bond acceptors (Lipinski definition) is 5. The highest BCUT2D eigenvalue weighted by Crippen LogP contribution is 2.22. The van der Waals surface area contributed by atoms with Gasteiger partial charge in [0.2, 0.25) is 0 Å². The van der Waals surface area contributed by atoms with E-state index in [1.54, 1.807) is 37.6 Å². The van der Waals surface area contributed by atoms with E-state index in [4.69, 9.17) is 9.47 Å². The summed E-state index contributed by atoms with van der Waals surface area (Å²) in [5.41, 5.74) is 4.79. The van der Waals surface area contributed by atoms with Crippen molar-refractivity contribution in [2.45, 2.75) is 13.5 Å². The molecule has 0 aliphatic carbocycles. The summed E-state index contributed by atoms with van der Waals surface area (Å²) in [6.07, 6.45) is 3.11. The van der Waals surface area contributed by atoms with Gasteiger partial charge in [-0.3, -0.25) is 9.59 Å². The number of methoxy groups -OCH3 is 2. The Morgan fingerprint density at radius 1 is 1.10 bits per heavy atom. The molecule has 154 valence electrons. The predicted octanol–water partition coefficient (Wildman–Crippen LogP) is 2.99. The van der Waals surface area contributed by atoms with Crippen LogP contribution >= 0.6 is 0 Å². The lowest BCUT2D eigenvalue weighted by Crippen LogP contribution is -2.30. The first-order valence-corrected chi connectivity index (χ1v) is 9.32. The Bertz CT molecular complexity index is 1140. The fourth-order valence-corrected chi connectivity index (χ4v) is 2.99. The summed E-state index contributed by atoms with van der Waals surface area (Å²) in [4.78, 5) is 25.2. The molecule has 0 radical (unpaired) electrons. The molecule has 3 aromatic rings. The molecule has 1 aromatic heterocycles. The zero-order chi connectivity index (χ0) is 21.5. The summed E-state index contributed by atoms with van der Waals surface area (Å²) in [5, 5.41) is 3.95. The third kappa shape index (κ3) is 4.94. The molecular formula is C23H23N3O4. The van der Waals surface area contributed by atoms with Crippen LogP contribution in [-0.4, -0.2) is 30.9 Å². The van der Waals surface area contributed by atoms with Crippen LogP contribution in [0.5, 0.6) is 11.5 Å². The normalized spacial score (nSPS) is 10.8. The molecule has 0 atom stereocenters. The van der Waals surface area contributed by atoms with Crippen LogP contribution in [0.3, 0.4) is 0 Å². The van der Waals surface area contributed by atoms with Crippen LogP contribution in [0.25, 0.3) is 0 Å². The van der Waals surface area contributed by atoms with Crippen molar-refractivity contribution in [1.82, 2.24) is 9.99 Å². The van der Waals surface area contributed by atoms with Gasteiger partial charge in [0.15, 0.2) is 0 Å². The summed E-state index contributed by atoms with van der Waals surface area (Å²) >= 11 is 0. The first-order valence-electron chi connectivity index (χ1n) is 9.32. The maximum absolute atomic E-state index is 12.7. The highest BCUT2D eigenvalue weighted by Gasteiger charge is 2.12. The van der Waals surface area contributed by atoms with Gasteiger partial charge in [0, 0.05) is 17.8 Å². The Balaban J connectivity index is 1.75. The number of nitrogens with zero attached hydrogens (tertiary/aromatic N) is 2. The highest BCUT2D eigenvalue weighted by atomic mass is 16.5. The van der Waals surface area contributed by atoms with Crippen LogP contribution in [0.15, 0.2) is 70.7 Å². The molecule has 3 rings (SSSR count). The van der Waals surface area contributed by atoms with Gasteiger partial charge in [-0.1, -0.05) is 29.8 Å². The summed E-state index contributed by atoms with van der Waals surface area (Å²) in [5.74, 6) is 0.612. The molecule has 0 unspecified atom stereocenters. The molecule has 0 fully saturated rings. The number of benzene rings is 2. The summed E-state index contributed by atoms with van der Waals surface area (Å²) in [7, 11) is 3.10. The number of amides is 1. The van der Waals surface area contributed by atoms with Crippen molar-refractivity contribution in [3.63, 3.8) is 0 Å². The van der Waals surface area contributed by atoms with E-state index in [9.17, 15) is 9.59 Å². The Kier molecular flexibility index (Phi) is 6.64. The lowest BCUT2D eigenvalue weighted by atomic mass is 10.1. The van der Waals surface area contributed by atoms with Crippen LogP contribution in [0.2, 0.25) is 0 Å². The standard InChI is InChI=1S/C23H23N3O4/c1-16-6-4-7-17(12-16)15-26-11-5-8-20(23(26)28)22(27)25-24-14-18-9-10-19(29-2)13-21(18)30-3/h4-14H,15H2,1-3H3,(H,25,27)/b24-14-. The SMILES string of the molecule is COc1ccc(/C=N\NC(=O)c2cccn(Cc3cccc(C)c3)c2=O)c(OC)c1. The molecular weight excluding hydrogens is 382 g/mol. The number of rotatable bonds is 7. The van der Waals surface area contributed by atoms with Gasteiger partial charge in [0.05, 0.1) is 27.0 Å². The number of hydrazone groups is 1. The zero-order valence-electron chi connectivity index (χ0n) is 17.1. The topological polar surface area (TPSA) is 81.9 Å². The predicted molar refractivity (Wildman–Crippen MR) is 116 cm³/mol. The lowest BCUT2D eigenvalue weighted by Gasteiger charge is -2.08. The van der Waals surface area contributed by atoms with Crippen LogP contribution < -0.4 is 20.5 Å². The number of carbonyl (C=O) groups is 1. The van der Waals surface area contributed by atoms with E-state index in [1.165, 1.54) is 24.0 Å². The van der Waals surface area contributed by atoms with E-state index in [0.29, 0.717) is 23.6 Å². The second kappa shape index (κ2) is 9.56. The number of pyridine rings is 1. The van der Waals surface area contributed by atoms with Crippen molar-refractivity contribution in [3.05, 3.63) is 93.4 Å². The van der Waals surface area contributed by atoms with Crippen molar-refractivity contribution in [1.29, 1.82) is 0 Å². The van der Waals surface area contributed by atoms with Crippen LogP contribution in [0.1, 0.15) is 27.0 Å². The van der Waals surface area contributed by atoms with E-state index in [0.717, 1.165) is 11.1 Å². The molecule has 7 heteroatoms. The zero-order valence-corrected chi connectivity index (χ0v) is 17.1. The van der Waals surface area contributed by atoms with Gasteiger partial charge in [0.25, 0.3) is 11.5 Å². The third-order valence-electron chi connectivity index (χ3n) is 4.51. The van der Waals surface area contributed by atoms with Crippen LogP contribution in [0.4, 0.5) is 0 Å². The molecule has 7 nitrogen and oxygen atoms in total. The van der Waals surface area contributed by atoms with Crippen molar-refractivity contribution in [3.8, 4) is 11.5 Å². The molecule has 0 spiro atoms. The fraction of sp³-hybridized carbons (Fsp3) is 0.174. The average molecular weight is 405 g/mol. The molecule has 0 aliphatic heterocycles. The van der Waals surface area contributed by atoms with E-state index in [2.05, 4.69) is 10.5 Å². The number of aromatic nitrogens is 1. The smallest absolute Gasteiger partial charge is 0.276 e. The van der Waals surface area contributed by atoms with Gasteiger partial charge in [0.1, 0.15) is 17.1 Å². The van der Waals surface area contributed by atoms with E-state index < -0.39 is 5.91 Å². The van der Waals surface area contributed by atoms with Crippen molar-refractivity contribution in [2.75, 3.05) is 14.2 Å². The van der Waals surface area contributed by atoms with Crippen LogP contribution in [0, 0.1) is 6.92 Å². The number of ether oxygens (including phenoxy) is 2. The minimum Gasteiger partial charge on any atom is -0.497 e. The quantitative estimate of drug-likeness (QED) is 0.484. The maximum atomic E-state index is 12.7. The lowest BCUT2D eigenvalue weighted by molar-refractivity contribution is 0.0953. The van der Waals surface area contributed by atoms with E-state index in [1.807, 2.05) is 31.2 Å². The third-order valence-corrected chi connectivity index (χ3v) is 4.51. The largest absolute Gasteiger partial charge is 0.497 e. The number of aryl methyl sites for hydroxylation is 1. The van der Waals surface area contributed by atoms with Crippen molar-refractivity contribution >= 4 is 12.1 Å². The molecule has 0 saturated carbocycles. The van der Waals surface area contributed by atoms with Crippen molar-refractivity contribution in [2.24, 2.45) is 5.10 Å². The second-order valence-electron chi connectivity index (χ2n) is 6.65. The van der Waals surface area contributed by atoms with Crippen LogP contribution in [-0.2, 0) is 6.54 Å². The molecule has 0 bridgehead atoms. The highest BCUT2D eigenvalue weighted by molar-refractivity contribution is 5.94. The second-order valence-corrected chi connectivity index (χ2v) is 6.65. The van der Waals surface area contributed by atoms with Crippen molar-refractivity contribution < 1.29 is 14.3 Å². The Morgan fingerprint density at radius 2 is 1.93 bits per heavy atom. The summed E-state index contributed by atoms with van der Waals surface area (Å²) < 4.78 is 11.9. The fourth-order valence-electron chi connectivity index (χ4n) is 2.99. The van der Waals surface area contributed by atoms with Gasteiger partial charge in [-0.15, -0.1) is 0 Å². The summed E-state index contributed by atoms with van der Waals surface area (Å²) in [6.45, 7) is 2.37. The monoisotopic (exact) mass is 405 g/mol. The Hall–Kier alpha value is -3.87. The molecule has 0 saturated heterocycles. The molecule has 1 amide bonds. The Morgan fingerprint density at radius 3 is 2.67 bits per heavy atom. The first kappa shape index (κ1) is 20.9. The van der Waals surface area contributed by atoms with Gasteiger partial charge in [-0.2, -0.15) is 5.10 Å². The van der Waals surface area contributed by atoms with E-state index >= 15 is 0 Å². The number of hydrogen-bond donors (Lipinski definition) is 1. The Labute approximate surface area is 174 Å².